The lowest BCUT2D eigenvalue weighted by atomic mass is 10.0. The lowest BCUT2D eigenvalue weighted by Crippen LogP contribution is -2.38. The Morgan fingerprint density at radius 1 is 0.914 bits per heavy atom. The van der Waals surface area contributed by atoms with Crippen LogP contribution in [0.2, 0.25) is 0 Å². The van der Waals surface area contributed by atoms with Gasteiger partial charge in [-0.15, -0.1) is 0 Å². The highest BCUT2D eigenvalue weighted by Crippen LogP contribution is 2.33. The smallest absolute Gasteiger partial charge is 0.315 e. The number of hydrogen-bond acceptors (Lipinski definition) is 5. The Hall–Kier alpha value is -1.77. The van der Waals surface area contributed by atoms with Crippen molar-refractivity contribution >= 4 is 35.4 Å². The number of thioether (sulfide) groups is 1. The van der Waals surface area contributed by atoms with E-state index in [1.807, 2.05) is 11.8 Å². The molecule has 0 aromatic rings. The molecule has 0 aromatic carbocycles. The average Bonchev–Trinajstić information content (AvgIpc) is 3.36. The van der Waals surface area contributed by atoms with Gasteiger partial charge in [0.15, 0.2) is 0 Å². The van der Waals surface area contributed by atoms with Crippen molar-refractivity contribution in [1.29, 1.82) is 0 Å². The third-order valence-electron chi connectivity index (χ3n) is 6.90. The van der Waals surface area contributed by atoms with Gasteiger partial charge in [-0.2, -0.15) is 11.8 Å². The van der Waals surface area contributed by atoms with Crippen LogP contribution in [-0.4, -0.2) is 71.8 Å². The van der Waals surface area contributed by atoms with Gasteiger partial charge >= 0.3 is 6.03 Å². The standard InChI is InChI=1S/C26H46N4O4S/c1-20(31)14-10-8-6-4-3-5-7-9-13-17-27-23(32)18-30(2)24(33)16-12-11-15-22-25-21(19-35-22)28-26(34)29-25/h21-22,25H,3-19H2,1-2H3,(H,27,32)(H2,28,29,34)/t21-,22-,25-/m0/s1. The van der Waals surface area contributed by atoms with Crippen LogP contribution < -0.4 is 16.0 Å². The summed E-state index contributed by atoms with van der Waals surface area (Å²) in [7, 11) is 1.69. The Bertz CT molecular complexity index is 690. The number of urea groups is 1. The van der Waals surface area contributed by atoms with Crippen LogP contribution >= 0.6 is 11.8 Å². The van der Waals surface area contributed by atoms with Gasteiger partial charge in [0.25, 0.3) is 0 Å². The number of nitrogens with zero attached hydrogens (tertiary/aromatic N) is 1. The number of rotatable bonds is 19. The Morgan fingerprint density at radius 3 is 2.23 bits per heavy atom. The Morgan fingerprint density at radius 2 is 1.54 bits per heavy atom. The molecule has 0 saturated carbocycles. The Kier molecular flexibility index (Phi) is 14.2. The van der Waals surface area contributed by atoms with Crippen LogP contribution in [0.5, 0.6) is 0 Å². The zero-order valence-corrected chi connectivity index (χ0v) is 22.6. The van der Waals surface area contributed by atoms with Crippen LogP contribution in [0.15, 0.2) is 0 Å². The third kappa shape index (κ3) is 12.2. The molecular weight excluding hydrogens is 464 g/mol. The van der Waals surface area contributed by atoms with Crippen molar-refractivity contribution in [3.8, 4) is 0 Å². The first kappa shape index (κ1) is 29.5. The summed E-state index contributed by atoms with van der Waals surface area (Å²) in [6.07, 6.45) is 14.3. The van der Waals surface area contributed by atoms with Crippen LogP contribution in [0.1, 0.15) is 96.8 Å². The monoisotopic (exact) mass is 510 g/mol. The Labute approximate surface area is 215 Å². The number of amides is 4. The zero-order valence-electron chi connectivity index (χ0n) is 21.7. The topological polar surface area (TPSA) is 108 Å². The molecule has 35 heavy (non-hydrogen) atoms. The van der Waals surface area contributed by atoms with Crippen molar-refractivity contribution in [2.45, 2.75) is 114 Å². The van der Waals surface area contributed by atoms with Gasteiger partial charge in [0.2, 0.25) is 11.8 Å². The van der Waals surface area contributed by atoms with Gasteiger partial charge in [-0.05, 0) is 32.6 Å². The largest absolute Gasteiger partial charge is 0.355 e. The molecule has 3 atom stereocenters. The minimum Gasteiger partial charge on any atom is -0.355 e. The molecule has 200 valence electrons. The molecule has 0 unspecified atom stereocenters. The minimum atomic E-state index is -0.0933. The molecule has 2 heterocycles. The summed E-state index contributed by atoms with van der Waals surface area (Å²) in [5.41, 5.74) is 0. The highest BCUT2D eigenvalue weighted by Gasteiger charge is 2.42. The molecule has 9 heteroatoms. The van der Waals surface area contributed by atoms with Gasteiger partial charge in [0.05, 0.1) is 18.6 Å². The first-order valence-corrected chi connectivity index (χ1v) is 14.6. The number of fused-ring (bicyclic) bond motifs is 1. The van der Waals surface area contributed by atoms with Gasteiger partial charge in [0.1, 0.15) is 5.78 Å². The summed E-state index contributed by atoms with van der Waals surface area (Å²) < 4.78 is 0. The molecule has 0 spiro atoms. The molecule has 0 aromatic heterocycles. The molecule has 0 radical (unpaired) electrons. The van der Waals surface area contributed by atoms with Gasteiger partial charge in [-0.1, -0.05) is 51.4 Å². The van der Waals surface area contributed by atoms with Crippen LogP contribution in [-0.2, 0) is 14.4 Å². The predicted octanol–water partition coefficient (Wildman–Crippen LogP) is 3.78. The van der Waals surface area contributed by atoms with Crippen molar-refractivity contribution < 1.29 is 19.2 Å². The van der Waals surface area contributed by atoms with Crippen LogP contribution in [0.3, 0.4) is 0 Å². The van der Waals surface area contributed by atoms with Gasteiger partial charge in [0, 0.05) is 37.4 Å². The number of carbonyl (C=O) groups is 4. The number of hydrogen-bond donors (Lipinski definition) is 3. The van der Waals surface area contributed by atoms with Crippen molar-refractivity contribution in [2.24, 2.45) is 0 Å². The second-order valence-electron chi connectivity index (χ2n) is 10.1. The van der Waals surface area contributed by atoms with Crippen LogP contribution in [0, 0.1) is 0 Å². The first-order chi connectivity index (χ1) is 16.9. The lowest BCUT2D eigenvalue weighted by molar-refractivity contribution is -0.134. The molecule has 2 aliphatic heterocycles. The highest BCUT2D eigenvalue weighted by atomic mass is 32.2. The van der Waals surface area contributed by atoms with Crippen molar-refractivity contribution in [2.75, 3.05) is 25.9 Å². The fraction of sp³-hybridized carbons (Fsp3) is 0.846. The normalized spacial score (nSPS) is 20.7. The molecule has 2 rings (SSSR count). The number of carbonyl (C=O) groups excluding carboxylic acids is 4. The maximum atomic E-state index is 12.3. The molecule has 4 amide bonds. The quantitative estimate of drug-likeness (QED) is 0.181. The molecular formula is C26H46N4O4S. The summed E-state index contributed by atoms with van der Waals surface area (Å²) in [4.78, 5) is 48.3. The second-order valence-corrected chi connectivity index (χ2v) is 11.4. The van der Waals surface area contributed by atoms with Gasteiger partial charge in [-0.3, -0.25) is 9.59 Å². The lowest BCUT2D eigenvalue weighted by Gasteiger charge is -2.18. The van der Waals surface area contributed by atoms with E-state index in [2.05, 4.69) is 16.0 Å². The summed E-state index contributed by atoms with van der Waals surface area (Å²) >= 11 is 1.89. The molecule has 0 bridgehead atoms. The van der Waals surface area contributed by atoms with Crippen LogP contribution in [0.4, 0.5) is 4.79 Å². The molecule has 2 fully saturated rings. The number of Topliss-reactive ketones (excluding diaryl/α,β-unsaturated/α-hetero) is 1. The second kappa shape index (κ2) is 16.8. The zero-order chi connectivity index (χ0) is 25.5. The van der Waals surface area contributed by atoms with Crippen molar-refractivity contribution in [3.63, 3.8) is 0 Å². The third-order valence-corrected chi connectivity index (χ3v) is 8.41. The summed E-state index contributed by atoms with van der Waals surface area (Å²) in [6.45, 7) is 2.44. The fourth-order valence-electron chi connectivity index (χ4n) is 4.78. The van der Waals surface area contributed by atoms with E-state index in [1.165, 1.54) is 37.0 Å². The number of likely N-dealkylation sites (N-methyl/N-ethyl adjacent to an activating group) is 1. The number of ketones is 1. The summed E-state index contributed by atoms with van der Waals surface area (Å²) in [6, 6.07) is 0.387. The number of nitrogens with one attached hydrogen (secondary N) is 3. The summed E-state index contributed by atoms with van der Waals surface area (Å²) in [5, 5.41) is 9.30. The van der Waals surface area contributed by atoms with E-state index in [4.69, 9.17) is 0 Å². The van der Waals surface area contributed by atoms with Crippen molar-refractivity contribution in [1.82, 2.24) is 20.9 Å². The molecule has 3 N–H and O–H groups in total. The van der Waals surface area contributed by atoms with Crippen molar-refractivity contribution in [3.05, 3.63) is 0 Å². The van der Waals surface area contributed by atoms with E-state index in [-0.39, 0.29) is 36.5 Å². The maximum absolute atomic E-state index is 12.3. The first-order valence-electron chi connectivity index (χ1n) is 13.6. The Balaban J connectivity index is 1.39. The highest BCUT2D eigenvalue weighted by molar-refractivity contribution is 8.00. The summed E-state index contributed by atoms with van der Waals surface area (Å²) in [5.74, 6) is 1.16. The predicted molar refractivity (Wildman–Crippen MR) is 141 cm³/mol. The maximum Gasteiger partial charge on any atom is 0.315 e. The molecule has 2 aliphatic rings. The van der Waals surface area contributed by atoms with E-state index in [9.17, 15) is 19.2 Å². The fourth-order valence-corrected chi connectivity index (χ4v) is 6.32. The molecule has 0 aliphatic carbocycles. The van der Waals surface area contributed by atoms with E-state index >= 15 is 0 Å². The van der Waals surface area contributed by atoms with Gasteiger partial charge in [-0.25, -0.2) is 4.79 Å². The van der Waals surface area contributed by atoms with E-state index in [0.29, 0.717) is 24.0 Å². The minimum absolute atomic E-state index is 0.00855. The molecule has 2 saturated heterocycles. The van der Waals surface area contributed by atoms with E-state index in [1.54, 1.807) is 14.0 Å². The average molecular weight is 511 g/mol. The van der Waals surface area contributed by atoms with Crippen LogP contribution in [0.25, 0.3) is 0 Å². The number of unbranched alkanes of at least 4 members (excludes halogenated alkanes) is 9. The van der Waals surface area contributed by atoms with E-state index < -0.39 is 0 Å². The van der Waals surface area contributed by atoms with Gasteiger partial charge < -0.3 is 25.6 Å². The SMILES string of the molecule is CC(=O)CCCCCCCCCCCNC(=O)CN(C)C(=O)CCCC[C@@H]1SC[C@@H]2NC(=O)N[C@@H]21. The van der Waals surface area contributed by atoms with E-state index in [0.717, 1.165) is 57.1 Å². The molecule has 8 nitrogen and oxygen atoms in total.